The summed E-state index contributed by atoms with van der Waals surface area (Å²) in [6.45, 7) is 21.2. The van der Waals surface area contributed by atoms with Crippen LogP contribution in [0.25, 0.3) is 0 Å². The van der Waals surface area contributed by atoms with E-state index >= 15 is 0 Å². The molecule has 228 valence electrons. The van der Waals surface area contributed by atoms with Gasteiger partial charge < -0.3 is 4.43 Å². The average Bonchev–Trinajstić information content (AvgIpc) is 3.24. The first-order valence-electron chi connectivity index (χ1n) is 16.0. The van der Waals surface area contributed by atoms with Crippen molar-refractivity contribution in [3.05, 3.63) is 53.1 Å². The molecule has 6 heteroatoms. The molecule has 4 aliphatic rings. The van der Waals surface area contributed by atoms with Gasteiger partial charge in [-0.15, -0.1) is 0 Å². The number of rotatable bonds is 7. The fourth-order valence-corrected chi connectivity index (χ4v) is 11.1. The van der Waals surface area contributed by atoms with Gasteiger partial charge in [-0.1, -0.05) is 82.5 Å². The topological polar surface area (TPSA) is 52.6 Å². The van der Waals surface area contributed by atoms with Crippen molar-refractivity contribution in [1.29, 1.82) is 0 Å². The number of hydrogen-bond donors (Lipinski definition) is 0. The molecule has 1 aromatic rings. The van der Waals surface area contributed by atoms with Crippen LogP contribution in [0.5, 0.6) is 0 Å². The number of aryl methyl sites for hydroxylation is 1. The Balaban J connectivity index is 1.29. The van der Waals surface area contributed by atoms with E-state index in [0.717, 1.165) is 18.4 Å². The molecule has 0 spiro atoms. The van der Waals surface area contributed by atoms with Crippen LogP contribution in [0.2, 0.25) is 18.1 Å². The highest BCUT2D eigenvalue weighted by Crippen LogP contribution is 2.66. The molecule has 4 nitrogen and oxygen atoms in total. The zero-order valence-corrected chi connectivity index (χ0v) is 28.9. The lowest BCUT2D eigenvalue weighted by Crippen LogP contribution is -2.49. The zero-order chi connectivity index (χ0) is 30.0. The minimum atomic E-state index is -3.74. The fraction of sp³-hybridized carbons (Fsp3) is 0.714. The summed E-state index contributed by atoms with van der Waals surface area (Å²) in [7, 11) is -5.53. The first-order valence-corrected chi connectivity index (χ1v) is 20.3. The third-order valence-corrected chi connectivity index (χ3v) is 18.2. The van der Waals surface area contributed by atoms with Crippen molar-refractivity contribution in [1.82, 2.24) is 0 Å². The van der Waals surface area contributed by atoms with Crippen molar-refractivity contribution in [2.75, 3.05) is 6.61 Å². The summed E-state index contributed by atoms with van der Waals surface area (Å²) < 4.78 is 38.3. The summed E-state index contributed by atoms with van der Waals surface area (Å²) in [6.07, 6.45) is 13.6. The Morgan fingerprint density at radius 3 is 2.32 bits per heavy atom. The molecule has 7 atom stereocenters. The lowest BCUT2D eigenvalue weighted by Gasteiger charge is -2.56. The van der Waals surface area contributed by atoms with Crippen LogP contribution in [0.3, 0.4) is 0 Å². The van der Waals surface area contributed by atoms with Crippen molar-refractivity contribution < 1.29 is 17.0 Å². The third-order valence-electron chi connectivity index (χ3n) is 12.3. The van der Waals surface area contributed by atoms with Crippen LogP contribution in [-0.2, 0) is 18.7 Å². The van der Waals surface area contributed by atoms with E-state index in [-0.39, 0.29) is 33.3 Å². The Morgan fingerprint density at radius 1 is 0.976 bits per heavy atom. The zero-order valence-electron chi connectivity index (χ0n) is 27.0. The maximum Gasteiger partial charge on any atom is 0.296 e. The van der Waals surface area contributed by atoms with Crippen LogP contribution >= 0.6 is 0 Å². The molecule has 0 heterocycles. The van der Waals surface area contributed by atoms with E-state index < -0.39 is 18.4 Å². The van der Waals surface area contributed by atoms with Crippen LogP contribution in [0, 0.1) is 41.4 Å². The minimum Gasteiger partial charge on any atom is -0.414 e. The van der Waals surface area contributed by atoms with Gasteiger partial charge in [-0.25, -0.2) is 0 Å². The second-order valence-corrected chi connectivity index (χ2v) is 22.3. The smallest absolute Gasteiger partial charge is 0.296 e. The molecule has 3 fully saturated rings. The summed E-state index contributed by atoms with van der Waals surface area (Å²) in [4.78, 5) is 0.249. The number of fused-ring (bicyclic) bond motifs is 5. The van der Waals surface area contributed by atoms with Crippen molar-refractivity contribution in [3.63, 3.8) is 0 Å². The van der Waals surface area contributed by atoms with Gasteiger partial charge in [0.25, 0.3) is 10.1 Å². The summed E-state index contributed by atoms with van der Waals surface area (Å²) in [5.74, 6) is 1.87. The highest BCUT2D eigenvalue weighted by molar-refractivity contribution is 7.86. The first kappa shape index (κ1) is 31.2. The third kappa shape index (κ3) is 5.60. The first-order chi connectivity index (χ1) is 19.0. The molecular weight excluding hydrogens is 545 g/mol. The molecule has 0 aromatic heterocycles. The molecule has 1 aromatic carbocycles. The predicted molar refractivity (Wildman–Crippen MR) is 171 cm³/mol. The van der Waals surface area contributed by atoms with Gasteiger partial charge in [-0.2, -0.15) is 8.42 Å². The Bertz CT molecular complexity index is 1300. The average molecular weight is 599 g/mol. The fourth-order valence-electron chi connectivity index (χ4n) is 8.72. The molecule has 5 rings (SSSR count). The Hall–Kier alpha value is -1.21. The van der Waals surface area contributed by atoms with Crippen LogP contribution in [0.4, 0.5) is 0 Å². The van der Waals surface area contributed by atoms with Crippen LogP contribution in [0.1, 0.15) is 92.1 Å². The van der Waals surface area contributed by atoms with Gasteiger partial charge in [-0.3, -0.25) is 4.18 Å². The van der Waals surface area contributed by atoms with E-state index in [9.17, 15) is 8.42 Å². The quantitative estimate of drug-likeness (QED) is 0.232. The minimum absolute atomic E-state index is 0.190. The Morgan fingerprint density at radius 2 is 1.66 bits per heavy atom. The van der Waals surface area contributed by atoms with Gasteiger partial charge in [-0.05, 0) is 117 Å². The lowest BCUT2D eigenvalue weighted by atomic mass is 9.50. The van der Waals surface area contributed by atoms with E-state index in [1.54, 1.807) is 23.3 Å². The van der Waals surface area contributed by atoms with Gasteiger partial charge in [0.05, 0.1) is 11.5 Å². The molecule has 3 saturated carbocycles. The van der Waals surface area contributed by atoms with E-state index in [0.29, 0.717) is 23.9 Å². The summed E-state index contributed by atoms with van der Waals surface area (Å²) in [5.41, 5.74) is 4.77. The summed E-state index contributed by atoms with van der Waals surface area (Å²) in [6, 6.07) is 6.95. The summed E-state index contributed by atoms with van der Waals surface area (Å²) >= 11 is 0. The highest BCUT2D eigenvalue weighted by atomic mass is 32.2. The van der Waals surface area contributed by atoms with Crippen molar-refractivity contribution in [2.24, 2.45) is 34.5 Å². The predicted octanol–water partition coefficient (Wildman–Crippen LogP) is 9.23. The molecule has 0 amide bonds. The Kier molecular flexibility index (Phi) is 8.18. The standard InChI is InChI=1S/C35H54O4SSi/c1-24-10-13-28(14-11-24)40(36,37)38-23-25(2)30-16-17-31-29-15-12-26-22-27(39-41(8,9)33(3,4)5)18-20-34(26,6)32(29)19-21-35(30,31)7/h10-15,25,27,30-32H,16-23H2,1-9H3/t25-,27+,30-,31+,32+,34+,35-/m1/s1. The highest BCUT2D eigenvalue weighted by Gasteiger charge is 2.57. The Labute approximate surface area is 251 Å². The van der Waals surface area contributed by atoms with E-state index in [2.05, 4.69) is 66.8 Å². The van der Waals surface area contributed by atoms with E-state index in [1.807, 2.05) is 19.1 Å². The molecule has 41 heavy (non-hydrogen) atoms. The molecular formula is C35H54O4SSi. The van der Waals surface area contributed by atoms with Crippen LogP contribution in [-0.4, -0.2) is 29.4 Å². The second-order valence-electron chi connectivity index (χ2n) is 15.9. The van der Waals surface area contributed by atoms with Crippen molar-refractivity contribution >= 4 is 18.4 Å². The van der Waals surface area contributed by atoms with Gasteiger partial charge in [0.15, 0.2) is 8.32 Å². The van der Waals surface area contributed by atoms with Gasteiger partial charge in [0.2, 0.25) is 0 Å². The van der Waals surface area contributed by atoms with Crippen molar-refractivity contribution in [3.8, 4) is 0 Å². The van der Waals surface area contributed by atoms with Crippen LogP contribution in [0.15, 0.2) is 52.5 Å². The second kappa shape index (κ2) is 10.7. The van der Waals surface area contributed by atoms with E-state index in [1.165, 1.54) is 32.1 Å². The van der Waals surface area contributed by atoms with Crippen molar-refractivity contribution in [2.45, 2.75) is 123 Å². The SMILES string of the molecule is Cc1ccc(S(=O)(=O)OC[C@@H](C)[C@H]2CC[C@H]3C4=CC=C5C[C@@H](O[Si](C)(C)C(C)(C)C)CC[C@]5(C)[C@H]4CC[C@]23C)cc1. The molecule has 0 unspecified atom stereocenters. The normalized spacial score (nSPS) is 34.7. The van der Waals surface area contributed by atoms with Gasteiger partial charge in [0, 0.05) is 6.10 Å². The van der Waals surface area contributed by atoms with Gasteiger partial charge >= 0.3 is 0 Å². The molecule has 0 radical (unpaired) electrons. The number of hydrogen-bond acceptors (Lipinski definition) is 4. The van der Waals surface area contributed by atoms with Gasteiger partial charge in [0.1, 0.15) is 0 Å². The maximum atomic E-state index is 12.9. The largest absolute Gasteiger partial charge is 0.414 e. The molecule has 0 aliphatic heterocycles. The lowest BCUT2D eigenvalue weighted by molar-refractivity contribution is 0.0288. The number of allylic oxidation sites excluding steroid dienone is 3. The van der Waals surface area contributed by atoms with Crippen LogP contribution < -0.4 is 0 Å². The number of benzene rings is 1. The van der Waals surface area contributed by atoms with E-state index in [4.69, 9.17) is 8.61 Å². The molecule has 0 bridgehead atoms. The monoisotopic (exact) mass is 598 g/mol. The molecule has 0 saturated heterocycles. The summed E-state index contributed by atoms with van der Waals surface area (Å²) in [5, 5.41) is 0.238. The maximum absolute atomic E-state index is 12.9. The molecule has 0 N–H and O–H groups in total. The molecule has 4 aliphatic carbocycles.